The third-order valence-electron chi connectivity index (χ3n) is 4.53. The molecule has 26 heavy (non-hydrogen) atoms. The van der Waals surface area contributed by atoms with Crippen molar-refractivity contribution in [1.29, 1.82) is 0 Å². The van der Waals surface area contributed by atoms with Gasteiger partial charge in [-0.05, 0) is 39.8 Å². The van der Waals surface area contributed by atoms with Gasteiger partial charge in [-0.15, -0.1) is 0 Å². The normalized spacial score (nSPS) is 37.8. The molecular weight excluding hydrogens is 358 g/mol. The molecule has 0 spiro atoms. The van der Waals surface area contributed by atoms with Crippen LogP contribution in [0.4, 0.5) is 0 Å². The first-order chi connectivity index (χ1) is 12.3. The van der Waals surface area contributed by atoms with Gasteiger partial charge in [0.05, 0.1) is 17.6 Å². The van der Waals surface area contributed by atoms with Crippen molar-refractivity contribution in [2.45, 2.75) is 75.0 Å². The molecule has 1 aromatic heterocycles. The van der Waals surface area contributed by atoms with E-state index in [0.717, 1.165) is 5.03 Å². The van der Waals surface area contributed by atoms with Crippen molar-refractivity contribution in [3.05, 3.63) is 24.4 Å². The zero-order valence-electron chi connectivity index (χ0n) is 15.4. The maximum atomic E-state index is 6.16. The Bertz CT molecular complexity index is 627. The lowest BCUT2D eigenvalue weighted by Crippen LogP contribution is -2.44. The van der Waals surface area contributed by atoms with Gasteiger partial charge in [-0.2, -0.15) is 0 Å². The molecule has 3 fully saturated rings. The first kappa shape index (κ1) is 18.6. The number of hydrogen-bond donors (Lipinski definition) is 0. The van der Waals surface area contributed by atoms with Crippen LogP contribution in [0.25, 0.3) is 0 Å². The number of fused-ring (bicyclic) bond motifs is 1. The molecule has 0 aromatic carbocycles. The van der Waals surface area contributed by atoms with E-state index in [4.69, 9.17) is 28.4 Å². The number of aromatic nitrogens is 1. The van der Waals surface area contributed by atoms with Gasteiger partial charge in [0.25, 0.3) is 0 Å². The van der Waals surface area contributed by atoms with Crippen LogP contribution in [-0.4, -0.2) is 59.8 Å². The van der Waals surface area contributed by atoms with Crippen molar-refractivity contribution < 1.29 is 28.4 Å². The van der Waals surface area contributed by atoms with Crippen LogP contribution in [0.2, 0.25) is 0 Å². The van der Waals surface area contributed by atoms with Gasteiger partial charge in [-0.25, -0.2) is 4.98 Å². The average molecular weight is 383 g/mol. The molecule has 0 bridgehead atoms. The Morgan fingerprint density at radius 2 is 1.96 bits per heavy atom. The minimum Gasteiger partial charge on any atom is -0.361 e. The summed E-state index contributed by atoms with van der Waals surface area (Å²) in [6.07, 6.45) is 0.157. The molecule has 3 aliphatic heterocycles. The minimum atomic E-state index is -0.692. The summed E-state index contributed by atoms with van der Waals surface area (Å²) in [6.45, 7) is 7.99. The molecule has 0 saturated carbocycles. The highest BCUT2D eigenvalue weighted by atomic mass is 32.2. The Kier molecular flexibility index (Phi) is 5.02. The lowest BCUT2D eigenvalue weighted by Gasteiger charge is -2.28. The third-order valence-corrected chi connectivity index (χ3v) is 5.32. The van der Waals surface area contributed by atoms with Crippen LogP contribution < -0.4 is 0 Å². The van der Waals surface area contributed by atoms with Crippen molar-refractivity contribution in [2.24, 2.45) is 0 Å². The van der Waals surface area contributed by atoms with Crippen LogP contribution in [-0.2, 0) is 28.4 Å². The Morgan fingerprint density at radius 3 is 2.65 bits per heavy atom. The van der Waals surface area contributed by atoms with Crippen molar-refractivity contribution >= 4 is 11.8 Å². The van der Waals surface area contributed by atoms with Crippen LogP contribution in [0.15, 0.2) is 29.4 Å². The summed E-state index contributed by atoms with van der Waals surface area (Å²) in [7, 11) is 0. The molecule has 1 aromatic rings. The summed E-state index contributed by atoms with van der Waals surface area (Å²) in [5.74, 6) is -0.881. The van der Waals surface area contributed by atoms with Crippen molar-refractivity contribution in [3.63, 3.8) is 0 Å². The molecule has 3 aliphatic rings. The van der Waals surface area contributed by atoms with Gasteiger partial charge in [0.1, 0.15) is 24.4 Å². The van der Waals surface area contributed by atoms with E-state index >= 15 is 0 Å². The summed E-state index contributed by atoms with van der Waals surface area (Å²) in [6, 6.07) is 5.80. The van der Waals surface area contributed by atoms with E-state index in [1.54, 1.807) is 6.20 Å². The fourth-order valence-corrected chi connectivity index (χ4v) is 4.13. The van der Waals surface area contributed by atoms with Crippen LogP contribution in [0.1, 0.15) is 27.7 Å². The average Bonchev–Trinajstić information content (AvgIpc) is 3.18. The fourth-order valence-electron chi connectivity index (χ4n) is 3.48. The number of hydrogen-bond acceptors (Lipinski definition) is 8. The maximum absolute atomic E-state index is 6.16. The van der Waals surface area contributed by atoms with E-state index in [1.807, 2.05) is 45.9 Å². The van der Waals surface area contributed by atoms with Gasteiger partial charge in [0.2, 0.25) is 0 Å². The van der Waals surface area contributed by atoms with Crippen LogP contribution in [0.5, 0.6) is 0 Å². The molecule has 8 heteroatoms. The third kappa shape index (κ3) is 3.91. The van der Waals surface area contributed by atoms with Crippen LogP contribution in [0.3, 0.4) is 0 Å². The number of ether oxygens (including phenoxy) is 6. The SMILES string of the molecule is CC1(C)O[C@H]2O[C@H]([C@H]3COC(C)(C)O3)[C@H](OCSc3ccccn3)[C@H]2O1. The van der Waals surface area contributed by atoms with E-state index in [1.165, 1.54) is 11.8 Å². The number of nitrogens with zero attached hydrogens (tertiary/aromatic N) is 1. The van der Waals surface area contributed by atoms with Gasteiger partial charge in [-0.1, -0.05) is 17.8 Å². The Morgan fingerprint density at radius 1 is 1.12 bits per heavy atom. The first-order valence-corrected chi connectivity index (χ1v) is 9.80. The molecule has 7 nitrogen and oxygen atoms in total. The Labute approximate surface area is 157 Å². The molecule has 0 N–H and O–H groups in total. The monoisotopic (exact) mass is 383 g/mol. The second-order valence-corrected chi connectivity index (χ2v) is 8.44. The van der Waals surface area contributed by atoms with E-state index in [9.17, 15) is 0 Å². The molecule has 0 aliphatic carbocycles. The number of rotatable bonds is 5. The zero-order chi connectivity index (χ0) is 18.4. The summed E-state index contributed by atoms with van der Waals surface area (Å²) in [4.78, 5) is 4.30. The zero-order valence-corrected chi connectivity index (χ0v) is 16.2. The summed E-state index contributed by atoms with van der Waals surface area (Å²) in [5, 5.41) is 0.907. The molecule has 0 unspecified atom stereocenters. The first-order valence-electron chi connectivity index (χ1n) is 8.81. The van der Waals surface area contributed by atoms with Crippen molar-refractivity contribution in [3.8, 4) is 0 Å². The van der Waals surface area contributed by atoms with Gasteiger partial charge in [0.15, 0.2) is 17.9 Å². The van der Waals surface area contributed by atoms with E-state index in [-0.39, 0.29) is 24.4 Å². The molecule has 0 amide bonds. The molecule has 0 radical (unpaired) electrons. The topological polar surface area (TPSA) is 68.3 Å². The summed E-state index contributed by atoms with van der Waals surface area (Å²) >= 11 is 1.53. The van der Waals surface area contributed by atoms with E-state index in [2.05, 4.69) is 4.98 Å². The summed E-state index contributed by atoms with van der Waals surface area (Å²) < 4.78 is 35.9. The highest BCUT2D eigenvalue weighted by Crippen LogP contribution is 2.42. The smallest absolute Gasteiger partial charge is 0.190 e. The molecule has 5 atom stereocenters. The van der Waals surface area contributed by atoms with Gasteiger partial charge in [0, 0.05) is 6.20 Å². The van der Waals surface area contributed by atoms with E-state index in [0.29, 0.717) is 12.5 Å². The summed E-state index contributed by atoms with van der Waals surface area (Å²) in [5.41, 5.74) is 0. The fraction of sp³-hybridized carbons (Fsp3) is 0.722. The van der Waals surface area contributed by atoms with Crippen molar-refractivity contribution in [1.82, 2.24) is 4.98 Å². The number of thioether (sulfide) groups is 1. The molecule has 3 saturated heterocycles. The number of pyridine rings is 1. The van der Waals surface area contributed by atoms with Gasteiger partial charge < -0.3 is 28.4 Å². The van der Waals surface area contributed by atoms with E-state index < -0.39 is 17.9 Å². The van der Waals surface area contributed by atoms with Gasteiger partial charge >= 0.3 is 0 Å². The highest BCUT2D eigenvalue weighted by Gasteiger charge is 2.58. The van der Waals surface area contributed by atoms with Crippen LogP contribution in [0, 0.1) is 0 Å². The Balaban J connectivity index is 1.43. The Hall–Kier alpha value is -0.740. The largest absolute Gasteiger partial charge is 0.361 e. The highest BCUT2D eigenvalue weighted by molar-refractivity contribution is 7.99. The van der Waals surface area contributed by atoms with Crippen molar-refractivity contribution in [2.75, 3.05) is 12.5 Å². The second kappa shape index (κ2) is 7.01. The van der Waals surface area contributed by atoms with Gasteiger partial charge in [-0.3, -0.25) is 0 Å². The maximum Gasteiger partial charge on any atom is 0.190 e. The molecule has 4 rings (SSSR count). The molecule has 144 valence electrons. The minimum absolute atomic E-state index is 0.226. The predicted molar refractivity (Wildman–Crippen MR) is 93.4 cm³/mol. The second-order valence-electron chi connectivity index (χ2n) is 7.50. The quantitative estimate of drug-likeness (QED) is 0.568. The predicted octanol–water partition coefficient (Wildman–Crippen LogP) is 2.54. The van der Waals surface area contributed by atoms with Crippen LogP contribution >= 0.6 is 11.8 Å². The lowest BCUT2D eigenvalue weighted by atomic mass is 10.1. The lowest BCUT2D eigenvalue weighted by molar-refractivity contribution is -0.234. The molecule has 4 heterocycles. The standard InChI is InChI=1S/C18H25NO6S/c1-17(2)21-9-11(23-17)13-14(15-16(22-13)25-18(3,4)24-15)20-10-26-12-7-5-6-8-19-12/h5-8,11,13-16H,9-10H2,1-4H3/t11-,13-,14+,15-,16-/m1/s1. The molecular formula is C18H25NO6S.